The molecule has 8 heteroatoms. The molecule has 5 N–H and O–H groups in total. The maximum absolute atomic E-state index is 13.0. The van der Waals surface area contributed by atoms with Gasteiger partial charge in [0.25, 0.3) is 0 Å². The van der Waals surface area contributed by atoms with E-state index < -0.39 is 0 Å². The summed E-state index contributed by atoms with van der Waals surface area (Å²) >= 11 is 0. The van der Waals surface area contributed by atoms with Gasteiger partial charge in [0.05, 0.1) is 12.3 Å². The lowest BCUT2D eigenvalue weighted by Gasteiger charge is -2.38. The van der Waals surface area contributed by atoms with E-state index in [-0.39, 0.29) is 17.8 Å². The monoisotopic (exact) mass is 342 g/mol. The van der Waals surface area contributed by atoms with Gasteiger partial charge in [-0.3, -0.25) is 5.41 Å². The Labute approximate surface area is 144 Å². The van der Waals surface area contributed by atoms with Crippen LogP contribution in [0, 0.1) is 16.6 Å². The molecule has 0 bridgehead atoms. The molecule has 0 unspecified atom stereocenters. The fourth-order valence-electron chi connectivity index (χ4n) is 2.49. The van der Waals surface area contributed by atoms with Gasteiger partial charge in [-0.2, -0.15) is 0 Å². The summed E-state index contributed by atoms with van der Waals surface area (Å²) in [6.45, 7) is 1.56. The molecule has 3 rings (SSSR count). The first-order valence-corrected chi connectivity index (χ1v) is 7.83. The second-order valence-electron chi connectivity index (χ2n) is 5.82. The summed E-state index contributed by atoms with van der Waals surface area (Å²) in [7, 11) is 0. The third kappa shape index (κ3) is 4.30. The summed E-state index contributed by atoms with van der Waals surface area (Å²) in [6.07, 6.45) is 0.563. The second-order valence-corrected chi connectivity index (χ2v) is 5.82. The number of hydrogen-bond acceptors (Lipinski definition) is 6. The van der Waals surface area contributed by atoms with Crippen LogP contribution in [0.2, 0.25) is 0 Å². The van der Waals surface area contributed by atoms with Crippen molar-refractivity contribution in [3.05, 3.63) is 47.8 Å². The van der Waals surface area contributed by atoms with Crippen LogP contribution < -0.4 is 15.5 Å². The largest absolute Gasteiger partial charge is 0.389 e. The predicted molar refractivity (Wildman–Crippen MR) is 96.3 cm³/mol. The summed E-state index contributed by atoms with van der Waals surface area (Å²) in [4.78, 5) is 6.38. The molecule has 2 aromatic rings. The first-order valence-electron chi connectivity index (χ1n) is 7.83. The molecule has 0 atom stereocenters. The molecule has 1 saturated heterocycles. The molecule has 1 aliphatic heterocycles. The van der Waals surface area contributed by atoms with Gasteiger partial charge in [-0.25, -0.2) is 9.37 Å². The number of β-amino-alcohol motifs (C(OH)–C–C–N with tert-alkyl or cyclic N) is 1. The highest BCUT2D eigenvalue weighted by atomic mass is 19.1. The van der Waals surface area contributed by atoms with E-state index in [4.69, 9.17) is 10.8 Å². The van der Waals surface area contributed by atoms with E-state index in [1.165, 1.54) is 12.1 Å². The van der Waals surface area contributed by atoms with E-state index in [0.29, 0.717) is 31.3 Å². The van der Waals surface area contributed by atoms with Crippen LogP contribution >= 0.6 is 0 Å². The van der Waals surface area contributed by atoms with Gasteiger partial charge in [-0.1, -0.05) is 12.1 Å². The average Bonchev–Trinajstić information content (AvgIpc) is 2.58. The number of aromatic nitrogens is 1. The number of hydrogen-bond donors (Lipinski definition) is 5. The maximum Gasteiger partial charge on any atom is 0.141 e. The van der Waals surface area contributed by atoms with Crippen LogP contribution in [-0.4, -0.2) is 41.3 Å². The second kappa shape index (κ2) is 7.27. The fraction of sp³-hybridized carbons (Fsp3) is 0.235. The van der Waals surface area contributed by atoms with Gasteiger partial charge in [-0.15, -0.1) is 0 Å². The predicted octanol–water partition coefficient (Wildman–Crippen LogP) is 2.05. The van der Waals surface area contributed by atoms with Gasteiger partial charge in [0.2, 0.25) is 0 Å². The Hall–Kier alpha value is -3.00. The molecular weight excluding hydrogens is 323 g/mol. The SMILES string of the molecule is N=CC(=N)Nc1cc(N2CC(O)C2)cc(NCc2ccc(F)cc2)n1. The van der Waals surface area contributed by atoms with Crippen molar-refractivity contribution in [3.8, 4) is 0 Å². The normalized spacial score (nSPS) is 13.9. The quantitative estimate of drug-likeness (QED) is 0.408. The Balaban J connectivity index is 1.77. The molecule has 0 amide bonds. The third-order valence-corrected chi connectivity index (χ3v) is 3.83. The molecule has 0 spiro atoms. The van der Waals surface area contributed by atoms with Crippen molar-refractivity contribution in [1.29, 1.82) is 10.8 Å². The van der Waals surface area contributed by atoms with Crippen molar-refractivity contribution in [2.24, 2.45) is 0 Å². The van der Waals surface area contributed by atoms with Gasteiger partial charge in [-0.05, 0) is 17.7 Å². The van der Waals surface area contributed by atoms with Crippen molar-refractivity contribution in [2.75, 3.05) is 28.6 Å². The van der Waals surface area contributed by atoms with Crippen molar-refractivity contribution >= 4 is 29.4 Å². The number of anilines is 3. The van der Waals surface area contributed by atoms with E-state index in [2.05, 4.69) is 15.6 Å². The Bertz CT molecular complexity index is 773. The molecule has 2 heterocycles. The molecule has 1 aliphatic rings. The third-order valence-electron chi connectivity index (χ3n) is 3.83. The number of aliphatic hydroxyl groups excluding tert-OH is 1. The van der Waals surface area contributed by atoms with Crippen LogP contribution in [0.3, 0.4) is 0 Å². The zero-order chi connectivity index (χ0) is 17.8. The number of aliphatic hydroxyl groups is 1. The number of nitrogens with one attached hydrogen (secondary N) is 4. The molecule has 25 heavy (non-hydrogen) atoms. The van der Waals surface area contributed by atoms with Crippen LogP contribution in [0.4, 0.5) is 21.7 Å². The zero-order valence-corrected chi connectivity index (χ0v) is 13.5. The minimum Gasteiger partial charge on any atom is -0.389 e. The van der Waals surface area contributed by atoms with Crippen LogP contribution in [0.1, 0.15) is 5.56 Å². The Kier molecular flexibility index (Phi) is 4.90. The molecule has 7 nitrogen and oxygen atoms in total. The average molecular weight is 342 g/mol. The summed E-state index contributed by atoms with van der Waals surface area (Å²) < 4.78 is 13.0. The molecule has 1 fully saturated rings. The highest BCUT2D eigenvalue weighted by Gasteiger charge is 2.25. The van der Waals surface area contributed by atoms with Crippen LogP contribution in [0.15, 0.2) is 36.4 Å². The van der Waals surface area contributed by atoms with Gasteiger partial charge in [0.15, 0.2) is 0 Å². The lowest BCUT2D eigenvalue weighted by atomic mass is 10.1. The summed E-state index contributed by atoms with van der Waals surface area (Å²) in [5.74, 6) is 0.673. The summed E-state index contributed by atoms with van der Waals surface area (Å²) in [5.41, 5.74) is 1.77. The lowest BCUT2D eigenvalue weighted by molar-refractivity contribution is 0.142. The molecule has 0 radical (unpaired) electrons. The first kappa shape index (κ1) is 16.8. The molecule has 0 aliphatic carbocycles. The molecule has 0 saturated carbocycles. The van der Waals surface area contributed by atoms with Crippen molar-refractivity contribution < 1.29 is 9.50 Å². The van der Waals surface area contributed by atoms with Gasteiger partial charge >= 0.3 is 0 Å². The first-order chi connectivity index (χ1) is 12.0. The van der Waals surface area contributed by atoms with E-state index >= 15 is 0 Å². The Morgan fingerprint density at radius 3 is 2.60 bits per heavy atom. The summed E-state index contributed by atoms with van der Waals surface area (Å²) in [5, 5.41) is 30.1. The number of nitrogens with zero attached hydrogens (tertiary/aromatic N) is 2. The van der Waals surface area contributed by atoms with Crippen molar-refractivity contribution in [2.45, 2.75) is 12.6 Å². The van der Waals surface area contributed by atoms with Gasteiger partial charge in [0.1, 0.15) is 23.3 Å². The minimum atomic E-state index is -0.333. The molecule has 1 aromatic carbocycles. The topological polar surface area (TPSA) is 108 Å². The van der Waals surface area contributed by atoms with Crippen molar-refractivity contribution in [1.82, 2.24) is 4.98 Å². The van der Waals surface area contributed by atoms with E-state index in [0.717, 1.165) is 17.5 Å². The van der Waals surface area contributed by atoms with Crippen LogP contribution in [0.5, 0.6) is 0 Å². The highest BCUT2D eigenvalue weighted by molar-refractivity contribution is 6.32. The van der Waals surface area contributed by atoms with Crippen LogP contribution in [-0.2, 0) is 6.54 Å². The molecular formula is C17H19FN6O. The van der Waals surface area contributed by atoms with E-state index in [1.807, 2.05) is 11.0 Å². The van der Waals surface area contributed by atoms with E-state index in [9.17, 15) is 9.50 Å². The summed E-state index contributed by atoms with van der Waals surface area (Å²) in [6, 6.07) is 9.83. The molecule has 1 aromatic heterocycles. The number of amidine groups is 1. The highest BCUT2D eigenvalue weighted by Crippen LogP contribution is 2.26. The number of halogens is 1. The lowest BCUT2D eigenvalue weighted by Crippen LogP contribution is -2.50. The Morgan fingerprint density at radius 2 is 1.96 bits per heavy atom. The fourth-order valence-corrected chi connectivity index (χ4v) is 2.49. The maximum atomic E-state index is 13.0. The molecule has 130 valence electrons. The number of pyridine rings is 1. The van der Waals surface area contributed by atoms with Crippen molar-refractivity contribution in [3.63, 3.8) is 0 Å². The van der Waals surface area contributed by atoms with Crippen LogP contribution in [0.25, 0.3) is 0 Å². The zero-order valence-electron chi connectivity index (χ0n) is 13.5. The van der Waals surface area contributed by atoms with Gasteiger partial charge in [0, 0.05) is 37.5 Å². The standard InChI is InChI=1S/C17H19FN6O/c18-12-3-1-11(2-4-12)8-21-16-5-13(24-9-14(25)10-24)6-17(23-16)22-15(20)7-19/h1-7,14,19,25H,8-10H2,(H3,20,21,22,23). The number of benzene rings is 1. The minimum absolute atomic E-state index is 0.0715. The smallest absolute Gasteiger partial charge is 0.141 e. The Morgan fingerprint density at radius 1 is 1.28 bits per heavy atom. The van der Waals surface area contributed by atoms with E-state index in [1.54, 1.807) is 18.2 Å². The number of rotatable bonds is 6. The van der Waals surface area contributed by atoms with Gasteiger partial charge < -0.3 is 26.0 Å².